The highest BCUT2D eigenvalue weighted by Gasteiger charge is 2.19. The van der Waals surface area contributed by atoms with Gasteiger partial charge in [-0.05, 0) is 48.4 Å². The zero-order chi connectivity index (χ0) is 26.4. The van der Waals surface area contributed by atoms with E-state index in [0.717, 1.165) is 26.7 Å². The second-order valence-corrected chi connectivity index (χ2v) is 9.13. The summed E-state index contributed by atoms with van der Waals surface area (Å²) in [6.45, 7) is 1.41. The van der Waals surface area contributed by atoms with E-state index in [1.165, 1.54) is 6.20 Å². The molecule has 5 rings (SSSR count). The first-order chi connectivity index (χ1) is 17.6. The molecule has 0 atom stereocenters. The van der Waals surface area contributed by atoms with Gasteiger partial charge in [0.25, 0.3) is 0 Å². The van der Waals surface area contributed by atoms with E-state index in [-0.39, 0.29) is 33.8 Å². The molecule has 0 amide bonds. The van der Waals surface area contributed by atoms with Crippen LogP contribution in [0.15, 0.2) is 58.5 Å². The molecule has 0 aliphatic carbocycles. The molecule has 9 nitrogen and oxygen atoms in total. The molecule has 0 radical (unpaired) electrons. The van der Waals surface area contributed by atoms with Crippen molar-refractivity contribution >= 4 is 45.7 Å². The molecule has 0 unspecified atom stereocenters. The number of fused-ring (bicyclic) bond motifs is 1. The number of halogens is 4. The highest BCUT2D eigenvalue weighted by molar-refractivity contribution is 6.34. The van der Waals surface area contributed by atoms with Crippen LogP contribution in [0.3, 0.4) is 0 Å². The minimum atomic E-state index is -1.14. The van der Waals surface area contributed by atoms with E-state index in [9.17, 15) is 18.4 Å². The molecule has 2 aromatic carbocycles. The molecule has 13 heteroatoms. The van der Waals surface area contributed by atoms with Crippen LogP contribution < -0.4 is 16.7 Å². The number of anilines is 2. The molecule has 0 aliphatic heterocycles. The number of benzene rings is 2. The number of nitrogens with one attached hydrogen (secondary N) is 1. The van der Waals surface area contributed by atoms with Crippen LogP contribution in [0.25, 0.3) is 16.6 Å². The lowest BCUT2D eigenvalue weighted by molar-refractivity contribution is 0.506. The lowest BCUT2D eigenvalue weighted by atomic mass is 10.2. The van der Waals surface area contributed by atoms with Crippen LogP contribution in [0.1, 0.15) is 11.1 Å². The smallest absolute Gasteiger partial charge is 0.324 e. The summed E-state index contributed by atoms with van der Waals surface area (Å²) in [5.74, 6) is -2.46. The molecule has 188 valence electrons. The van der Waals surface area contributed by atoms with Gasteiger partial charge in [-0.25, -0.2) is 22.9 Å². The Morgan fingerprint density at radius 2 is 1.76 bits per heavy atom. The third-order valence-corrected chi connectivity index (χ3v) is 6.23. The fourth-order valence-electron chi connectivity index (χ4n) is 3.86. The number of rotatable bonds is 5. The van der Waals surface area contributed by atoms with Gasteiger partial charge < -0.3 is 5.32 Å². The van der Waals surface area contributed by atoms with Gasteiger partial charge in [0.05, 0.1) is 34.7 Å². The molecule has 0 spiro atoms. The van der Waals surface area contributed by atoms with E-state index in [1.54, 1.807) is 49.2 Å². The van der Waals surface area contributed by atoms with Gasteiger partial charge >= 0.3 is 11.4 Å². The van der Waals surface area contributed by atoms with Gasteiger partial charge in [-0.3, -0.25) is 14.2 Å². The lowest BCUT2D eigenvalue weighted by Crippen LogP contribution is -2.41. The summed E-state index contributed by atoms with van der Waals surface area (Å²) in [4.78, 5) is 34.8. The van der Waals surface area contributed by atoms with Crippen molar-refractivity contribution in [2.24, 2.45) is 7.05 Å². The summed E-state index contributed by atoms with van der Waals surface area (Å²) in [6, 6.07) is 6.58. The molecule has 3 aromatic heterocycles. The van der Waals surface area contributed by atoms with E-state index in [4.69, 9.17) is 23.2 Å². The molecular formula is C24H17Cl2F2N7O2. The van der Waals surface area contributed by atoms with Crippen LogP contribution in [-0.4, -0.2) is 28.9 Å². The molecule has 0 saturated heterocycles. The molecule has 3 heterocycles. The number of aryl methyl sites for hydroxylation is 2. The molecule has 0 saturated carbocycles. The molecule has 5 aromatic rings. The third kappa shape index (κ3) is 4.70. The first-order valence-electron chi connectivity index (χ1n) is 10.8. The molecular weight excluding hydrogens is 527 g/mol. The Balaban J connectivity index is 1.70. The summed E-state index contributed by atoms with van der Waals surface area (Å²) in [6.07, 6.45) is 4.67. The van der Waals surface area contributed by atoms with Crippen molar-refractivity contribution in [2.75, 3.05) is 5.32 Å². The van der Waals surface area contributed by atoms with Crippen LogP contribution in [0.2, 0.25) is 10.0 Å². The molecule has 0 aliphatic rings. The van der Waals surface area contributed by atoms with Gasteiger partial charge in [0, 0.05) is 29.9 Å². The van der Waals surface area contributed by atoms with Gasteiger partial charge in [0.2, 0.25) is 5.95 Å². The SMILES string of the molecule is Cc1cncc(-n2c(=O)nc(Nc3cc4cn(C)nc4cc3Cl)n(Cc3cc(F)c(F)cc3Cl)c2=O)c1. The van der Waals surface area contributed by atoms with Gasteiger partial charge in [-0.1, -0.05) is 23.2 Å². The van der Waals surface area contributed by atoms with Gasteiger partial charge in [0.15, 0.2) is 11.6 Å². The van der Waals surface area contributed by atoms with E-state index in [2.05, 4.69) is 20.4 Å². The fourth-order valence-corrected chi connectivity index (χ4v) is 4.27. The molecule has 37 heavy (non-hydrogen) atoms. The van der Waals surface area contributed by atoms with Crippen LogP contribution in [-0.2, 0) is 13.6 Å². The second kappa shape index (κ2) is 9.41. The standard InChI is InChI=1S/C24H17Cl2F2N7O2/c1-12-3-15(9-29-8-12)35-23(36)31-22(30-21-5-14-10-33(2)32-20(14)7-17(21)26)34(24(35)37)11-13-4-18(27)19(28)6-16(13)25/h3-10H,11H2,1-2H3,(H,30,31,36). The maximum atomic E-state index is 14.0. The number of hydrogen-bond acceptors (Lipinski definition) is 6. The quantitative estimate of drug-likeness (QED) is 0.330. The van der Waals surface area contributed by atoms with Crippen molar-refractivity contribution in [3.8, 4) is 5.69 Å². The maximum absolute atomic E-state index is 14.0. The van der Waals surface area contributed by atoms with Gasteiger partial charge in [0.1, 0.15) is 0 Å². The Bertz CT molecular complexity index is 1810. The Hall–Kier alpha value is -4.09. The largest absolute Gasteiger partial charge is 0.359 e. The Labute approximate surface area is 217 Å². The summed E-state index contributed by atoms with van der Waals surface area (Å²) in [5.41, 5.74) is 0.272. The Morgan fingerprint density at radius 3 is 2.51 bits per heavy atom. The third-order valence-electron chi connectivity index (χ3n) is 5.56. The minimum Gasteiger partial charge on any atom is -0.324 e. The molecule has 0 bridgehead atoms. The van der Waals surface area contributed by atoms with Crippen molar-refractivity contribution < 1.29 is 8.78 Å². The Kier molecular flexibility index (Phi) is 6.26. The lowest BCUT2D eigenvalue weighted by Gasteiger charge is -2.17. The van der Waals surface area contributed by atoms with Gasteiger partial charge in [-0.2, -0.15) is 10.1 Å². The minimum absolute atomic E-state index is 0.0916. The maximum Gasteiger partial charge on any atom is 0.359 e. The zero-order valence-corrected chi connectivity index (χ0v) is 20.8. The predicted molar refractivity (Wildman–Crippen MR) is 136 cm³/mol. The summed E-state index contributed by atoms with van der Waals surface area (Å²) in [7, 11) is 1.76. The van der Waals surface area contributed by atoms with Crippen molar-refractivity contribution in [3.63, 3.8) is 0 Å². The molecule has 0 fully saturated rings. The summed E-state index contributed by atoms with van der Waals surface area (Å²) < 4.78 is 31.2. The number of nitrogens with zero attached hydrogens (tertiary/aromatic N) is 6. The van der Waals surface area contributed by atoms with Crippen molar-refractivity contribution in [1.29, 1.82) is 0 Å². The van der Waals surface area contributed by atoms with Crippen molar-refractivity contribution in [3.05, 3.63) is 103 Å². The number of aromatic nitrogens is 6. The van der Waals surface area contributed by atoms with Crippen molar-refractivity contribution in [1.82, 2.24) is 28.9 Å². The van der Waals surface area contributed by atoms with E-state index in [1.807, 2.05) is 0 Å². The summed E-state index contributed by atoms with van der Waals surface area (Å²) >= 11 is 12.6. The van der Waals surface area contributed by atoms with E-state index < -0.39 is 23.0 Å². The van der Waals surface area contributed by atoms with Gasteiger partial charge in [-0.15, -0.1) is 0 Å². The Morgan fingerprint density at radius 1 is 1.00 bits per heavy atom. The summed E-state index contributed by atoms with van der Waals surface area (Å²) in [5, 5.41) is 8.10. The molecule has 1 N–H and O–H groups in total. The highest BCUT2D eigenvalue weighted by Crippen LogP contribution is 2.30. The first-order valence-corrected chi connectivity index (χ1v) is 11.6. The highest BCUT2D eigenvalue weighted by atomic mass is 35.5. The second-order valence-electron chi connectivity index (χ2n) is 8.32. The van der Waals surface area contributed by atoms with Crippen molar-refractivity contribution in [2.45, 2.75) is 13.5 Å². The zero-order valence-electron chi connectivity index (χ0n) is 19.3. The first kappa shape index (κ1) is 24.6. The average Bonchev–Trinajstić information content (AvgIpc) is 3.18. The van der Waals surface area contributed by atoms with Crippen LogP contribution in [0, 0.1) is 18.6 Å². The van der Waals surface area contributed by atoms with Crippen LogP contribution in [0.4, 0.5) is 20.4 Å². The van der Waals surface area contributed by atoms with Crippen LogP contribution >= 0.6 is 23.2 Å². The topological polar surface area (TPSA) is 99.6 Å². The predicted octanol–water partition coefficient (Wildman–Crippen LogP) is 4.36. The average molecular weight is 544 g/mol. The fraction of sp³-hybridized carbons (Fsp3) is 0.125. The number of hydrogen-bond donors (Lipinski definition) is 1. The van der Waals surface area contributed by atoms with E-state index >= 15 is 0 Å². The van der Waals surface area contributed by atoms with E-state index in [0.29, 0.717) is 16.8 Å². The monoisotopic (exact) mass is 543 g/mol. The normalized spacial score (nSPS) is 11.3. The number of pyridine rings is 1. The van der Waals surface area contributed by atoms with Crippen LogP contribution in [0.5, 0.6) is 0 Å².